The summed E-state index contributed by atoms with van der Waals surface area (Å²) in [7, 11) is 0. The van der Waals surface area contributed by atoms with Gasteiger partial charge in [0.25, 0.3) is 0 Å². The van der Waals surface area contributed by atoms with E-state index in [4.69, 9.17) is 0 Å². The molecule has 0 saturated carbocycles. The van der Waals surface area contributed by atoms with Crippen LogP contribution in [0.2, 0.25) is 0 Å². The molecule has 5 nitrogen and oxygen atoms in total. The van der Waals surface area contributed by atoms with E-state index in [1.165, 1.54) is 4.90 Å². The quantitative estimate of drug-likeness (QED) is 0.832. The highest BCUT2D eigenvalue weighted by molar-refractivity contribution is 5.89. The van der Waals surface area contributed by atoms with Crippen LogP contribution in [0.1, 0.15) is 19.8 Å². The van der Waals surface area contributed by atoms with Crippen LogP contribution in [-0.4, -0.2) is 65.2 Å². The predicted octanol–water partition coefficient (Wildman–Crippen LogP) is 0.627. The van der Waals surface area contributed by atoms with E-state index in [2.05, 4.69) is 0 Å². The van der Waals surface area contributed by atoms with Crippen LogP contribution in [0.15, 0.2) is 0 Å². The van der Waals surface area contributed by atoms with Crippen LogP contribution in [0, 0.1) is 11.8 Å². The normalized spacial score (nSPS) is 30.3. The highest BCUT2D eigenvalue weighted by atomic mass is 19.4. The minimum Gasteiger partial charge on any atom is -0.394 e. The van der Waals surface area contributed by atoms with E-state index in [-0.39, 0.29) is 37.4 Å². The van der Waals surface area contributed by atoms with E-state index >= 15 is 0 Å². The van der Waals surface area contributed by atoms with Crippen LogP contribution < -0.4 is 0 Å². The van der Waals surface area contributed by atoms with E-state index in [0.717, 1.165) is 6.42 Å². The van der Waals surface area contributed by atoms with Gasteiger partial charge in [0.1, 0.15) is 6.54 Å². The Morgan fingerprint density at radius 1 is 1.43 bits per heavy atom. The van der Waals surface area contributed by atoms with Crippen molar-refractivity contribution >= 4 is 11.8 Å². The highest BCUT2D eigenvalue weighted by Crippen LogP contribution is 2.29. The van der Waals surface area contributed by atoms with Crippen molar-refractivity contribution in [1.82, 2.24) is 9.80 Å². The van der Waals surface area contributed by atoms with Gasteiger partial charge in [-0.15, -0.1) is 0 Å². The molecule has 8 heteroatoms. The molecule has 3 atom stereocenters. The Kier molecular flexibility index (Phi) is 4.46. The Labute approximate surface area is 120 Å². The second-order valence-electron chi connectivity index (χ2n) is 5.84. The molecular weight excluding hydrogens is 289 g/mol. The molecule has 2 heterocycles. The van der Waals surface area contributed by atoms with Crippen molar-refractivity contribution in [3.63, 3.8) is 0 Å². The van der Waals surface area contributed by atoms with Gasteiger partial charge in [0.15, 0.2) is 0 Å². The second-order valence-corrected chi connectivity index (χ2v) is 5.84. The molecule has 21 heavy (non-hydrogen) atoms. The van der Waals surface area contributed by atoms with Crippen molar-refractivity contribution in [2.24, 2.45) is 11.8 Å². The first kappa shape index (κ1) is 16.1. The van der Waals surface area contributed by atoms with Gasteiger partial charge in [-0.2, -0.15) is 13.2 Å². The van der Waals surface area contributed by atoms with Crippen molar-refractivity contribution in [2.75, 3.05) is 26.2 Å². The first-order valence-corrected chi connectivity index (χ1v) is 6.98. The molecule has 0 aromatic rings. The molecule has 2 aliphatic heterocycles. The fourth-order valence-electron chi connectivity index (χ4n) is 3.10. The monoisotopic (exact) mass is 308 g/mol. The summed E-state index contributed by atoms with van der Waals surface area (Å²) in [5, 5.41) is 9.34. The molecule has 2 amide bonds. The lowest BCUT2D eigenvalue weighted by atomic mass is 10.0. The standard InChI is InChI=1S/C13H19F3N2O3/c1-8-2-3-18(10(8)6-19)12(21)9-4-11(20)17(5-9)7-13(14,15)16/h8-10,19H,2-7H2,1H3. The Bertz CT molecular complexity index is 427. The molecule has 2 fully saturated rings. The van der Waals surface area contributed by atoms with E-state index in [9.17, 15) is 27.9 Å². The predicted molar refractivity (Wildman–Crippen MR) is 67.1 cm³/mol. The zero-order valence-corrected chi connectivity index (χ0v) is 11.8. The number of amides is 2. The number of aliphatic hydroxyl groups is 1. The van der Waals surface area contributed by atoms with Crippen molar-refractivity contribution in [1.29, 1.82) is 0 Å². The van der Waals surface area contributed by atoms with E-state index in [1.807, 2.05) is 6.92 Å². The summed E-state index contributed by atoms with van der Waals surface area (Å²) in [6.07, 6.45) is -3.88. The maximum Gasteiger partial charge on any atom is 0.406 e. The number of hydrogen-bond donors (Lipinski definition) is 1. The summed E-state index contributed by atoms with van der Waals surface area (Å²) in [6.45, 7) is 0.731. The molecule has 2 rings (SSSR count). The van der Waals surface area contributed by atoms with Crippen LogP contribution in [-0.2, 0) is 9.59 Å². The van der Waals surface area contributed by atoms with Crippen LogP contribution in [0.4, 0.5) is 13.2 Å². The number of likely N-dealkylation sites (tertiary alicyclic amines) is 2. The van der Waals surface area contributed by atoms with E-state index in [1.54, 1.807) is 0 Å². The van der Waals surface area contributed by atoms with Crippen molar-refractivity contribution in [3.8, 4) is 0 Å². The zero-order chi connectivity index (χ0) is 15.8. The number of aliphatic hydroxyl groups excluding tert-OH is 1. The van der Waals surface area contributed by atoms with Gasteiger partial charge < -0.3 is 14.9 Å². The summed E-state index contributed by atoms with van der Waals surface area (Å²) in [4.78, 5) is 26.2. The topological polar surface area (TPSA) is 60.9 Å². The average molecular weight is 308 g/mol. The second kappa shape index (κ2) is 5.82. The molecule has 0 radical (unpaired) electrons. The van der Waals surface area contributed by atoms with Crippen molar-refractivity contribution < 1.29 is 27.9 Å². The smallest absolute Gasteiger partial charge is 0.394 e. The van der Waals surface area contributed by atoms with Gasteiger partial charge in [-0.3, -0.25) is 9.59 Å². The minimum absolute atomic E-state index is 0.155. The Balaban J connectivity index is 2.00. The molecule has 0 aromatic heterocycles. The molecule has 0 bridgehead atoms. The number of carbonyl (C=O) groups excluding carboxylic acids is 2. The van der Waals surface area contributed by atoms with Crippen molar-refractivity contribution in [2.45, 2.75) is 32.0 Å². The molecule has 0 aromatic carbocycles. The third kappa shape index (κ3) is 3.48. The number of halogens is 3. The third-order valence-electron chi connectivity index (χ3n) is 4.29. The third-order valence-corrected chi connectivity index (χ3v) is 4.29. The SMILES string of the molecule is CC1CCN(C(=O)C2CC(=O)N(CC(F)(F)F)C2)C1CO. The molecule has 120 valence electrons. The summed E-state index contributed by atoms with van der Waals surface area (Å²) in [5.74, 6) is -1.54. The molecule has 0 spiro atoms. The van der Waals surface area contributed by atoms with Gasteiger partial charge >= 0.3 is 6.18 Å². The van der Waals surface area contributed by atoms with Crippen molar-refractivity contribution in [3.05, 3.63) is 0 Å². The van der Waals surface area contributed by atoms with Gasteiger partial charge in [0, 0.05) is 19.5 Å². The van der Waals surface area contributed by atoms with E-state index in [0.29, 0.717) is 11.4 Å². The van der Waals surface area contributed by atoms with Crippen LogP contribution in [0.3, 0.4) is 0 Å². The Morgan fingerprint density at radius 2 is 2.10 bits per heavy atom. The lowest BCUT2D eigenvalue weighted by Gasteiger charge is -2.27. The van der Waals surface area contributed by atoms with E-state index < -0.39 is 24.5 Å². The maximum absolute atomic E-state index is 12.4. The van der Waals surface area contributed by atoms with Crippen LogP contribution in [0.5, 0.6) is 0 Å². The lowest BCUT2D eigenvalue weighted by Crippen LogP contribution is -2.44. The Hall–Kier alpha value is -1.31. The van der Waals surface area contributed by atoms with Gasteiger partial charge in [0.2, 0.25) is 11.8 Å². The highest BCUT2D eigenvalue weighted by Gasteiger charge is 2.44. The number of alkyl halides is 3. The van der Waals surface area contributed by atoms with Crippen LogP contribution in [0.25, 0.3) is 0 Å². The Morgan fingerprint density at radius 3 is 2.67 bits per heavy atom. The summed E-state index contributed by atoms with van der Waals surface area (Å²) in [5.41, 5.74) is 0. The van der Waals surface area contributed by atoms with Gasteiger partial charge in [-0.25, -0.2) is 0 Å². The summed E-state index contributed by atoms with van der Waals surface area (Å²) >= 11 is 0. The van der Waals surface area contributed by atoms with Gasteiger partial charge in [0.05, 0.1) is 18.6 Å². The van der Waals surface area contributed by atoms with Crippen LogP contribution >= 0.6 is 0 Å². The molecule has 0 aliphatic carbocycles. The largest absolute Gasteiger partial charge is 0.406 e. The number of nitrogens with zero attached hydrogens (tertiary/aromatic N) is 2. The number of hydrogen-bond acceptors (Lipinski definition) is 3. The average Bonchev–Trinajstić information content (AvgIpc) is 2.91. The zero-order valence-electron chi connectivity index (χ0n) is 11.8. The number of rotatable bonds is 3. The minimum atomic E-state index is -4.45. The molecule has 2 aliphatic rings. The molecule has 2 saturated heterocycles. The maximum atomic E-state index is 12.4. The van der Waals surface area contributed by atoms with Gasteiger partial charge in [-0.05, 0) is 12.3 Å². The first-order valence-electron chi connectivity index (χ1n) is 6.98. The first-order chi connectivity index (χ1) is 9.73. The number of carbonyl (C=O) groups is 2. The molecular formula is C13H19F3N2O3. The van der Waals surface area contributed by atoms with Gasteiger partial charge in [-0.1, -0.05) is 6.92 Å². The summed E-state index contributed by atoms with van der Waals surface area (Å²) in [6, 6.07) is -0.302. The molecule has 3 unspecified atom stereocenters. The fraction of sp³-hybridized carbons (Fsp3) is 0.846. The lowest BCUT2D eigenvalue weighted by molar-refractivity contribution is -0.157. The fourth-order valence-corrected chi connectivity index (χ4v) is 3.10. The molecule has 1 N–H and O–H groups in total. The summed E-state index contributed by atoms with van der Waals surface area (Å²) < 4.78 is 37.1.